The molecular weight excluding hydrogens is 402 g/mol. The van der Waals surface area contributed by atoms with Crippen molar-refractivity contribution in [3.63, 3.8) is 0 Å². The van der Waals surface area contributed by atoms with E-state index in [1.807, 2.05) is 43.5 Å². The second-order valence-electron chi connectivity index (χ2n) is 7.67. The normalized spacial score (nSPS) is 16.3. The van der Waals surface area contributed by atoms with Crippen LogP contribution in [0.3, 0.4) is 0 Å². The van der Waals surface area contributed by atoms with E-state index in [-0.39, 0.29) is 24.2 Å². The molecule has 30 heavy (non-hydrogen) atoms. The first-order valence-electron chi connectivity index (χ1n) is 9.93. The highest BCUT2D eigenvalue weighted by Crippen LogP contribution is 2.26. The molecule has 1 saturated heterocycles. The SMILES string of the molecule is COc1ccc2[nH]cc(CCN3CC(C(=O)Nc4ccc(C)c(Cl)c4)CC3=O)c2c1. The van der Waals surface area contributed by atoms with Crippen LogP contribution in [-0.4, -0.2) is 41.9 Å². The van der Waals surface area contributed by atoms with Crippen LogP contribution in [0.1, 0.15) is 17.5 Å². The first-order valence-corrected chi connectivity index (χ1v) is 10.3. The summed E-state index contributed by atoms with van der Waals surface area (Å²) in [4.78, 5) is 30.1. The molecule has 3 aromatic rings. The molecule has 7 heteroatoms. The molecule has 2 heterocycles. The number of aromatic nitrogens is 1. The van der Waals surface area contributed by atoms with Crippen LogP contribution >= 0.6 is 11.6 Å². The molecule has 2 N–H and O–H groups in total. The van der Waals surface area contributed by atoms with Gasteiger partial charge in [-0.2, -0.15) is 0 Å². The van der Waals surface area contributed by atoms with E-state index in [0.29, 0.717) is 30.2 Å². The van der Waals surface area contributed by atoms with Gasteiger partial charge in [0.2, 0.25) is 11.8 Å². The summed E-state index contributed by atoms with van der Waals surface area (Å²) in [5, 5.41) is 4.57. The Balaban J connectivity index is 1.38. The first-order chi connectivity index (χ1) is 14.4. The third kappa shape index (κ3) is 4.14. The van der Waals surface area contributed by atoms with E-state index < -0.39 is 0 Å². The van der Waals surface area contributed by atoms with Gasteiger partial charge in [-0.05, 0) is 54.8 Å². The number of carbonyl (C=O) groups excluding carboxylic acids is 2. The maximum absolute atomic E-state index is 12.6. The number of aryl methyl sites for hydroxylation is 1. The summed E-state index contributed by atoms with van der Waals surface area (Å²) in [6.45, 7) is 2.91. The van der Waals surface area contributed by atoms with Gasteiger partial charge in [-0.3, -0.25) is 9.59 Å². The second-order valence-corrected chi connectivity index (χ2v) is 8.08. The Hall–Kier alpha value is -2.99. The number of amides is 2. The number of hydrogen-bond donors (Lipinski definition) is 2. The van der Waals surface area contributed by atoms with Crippen molar-refractivity contribution >= 4 is 40.0 Å². The number of halogens is 1. The maximum Gasteiger partial charge on any atom is 0.229 e. The number of fused-ring (bicyclic) bond motifs is 1. The minimum Gasteiger partial charge on any atom is -0.497 e. The van der Waals surface area contributed by atoms with Gasteiger partial charge in [-0.25, -0.2) is 0 Å². The Kier molecular flexibility index (Phi) is 5.68. The Bertz CT molecular complexity index is 1110. The van der Waals surface area contributed by atoms with Gasteiger partial charge in [-0.15, -0.1) is 0 Å². The molecule has 1 unspecified atom stereocenters. The van der Waals surface area contributed by atoms with Crippen LogP contribution in [0.2, 0.25) is 5.02 Å². The summed E-state index contributed by atoms with van der Waals surface area (Å²) in [7, 11) is 1.64. The summed E-state index contributed by atoms with van der Waals surface area (Å²) < 4.78 is 5.31. The van der Waals surface area contributed by atoms with Gasteiger partial charge in [0.05, 0.1) is 13.0 Å². The summed E-state index contributed by atoms with van der Waals surface area (Å²) in [5.74, 6) is 0.297. The summed E-state index contributed by atoms with van der Waals surface area (Å²) in [6, 6.07) is 11.3. The summed E-state index contributed by atoms with van der Waals surface area (Å²) in [6.07, 6.45) is 2.91. The molecule has 0 spiro atoms. The van der Waals surface area contributed by atoms with E-state index in [1.165, 1.54) is 0 Å². The number of ether oxygens (including phenoxy) is 1. The van der Waals surface area contributed by atoms with Gasteiger partial charge in [0.1, 0.15) is 5.75 Å². The Morgan fingerprint density at radius 1 is 1.30 bits per heavy atom. The monoisotopic (exact) mass is 425 g/mol. The fourth-order valence-corrected chi connectivity index (χ4v) is 4.01. The first kappa shape index (κ1) is 20.3. The third-order valence-corrected chi connectivity index (χ3v) is 6.06. The van der Waals surface area contributed by atoms with E-state index in [9.17, 15) is 9.59 Å². The van der Waals surface area contributed by atoms with Crippen molar-refractivity contribution in [1.82, 2.24) is 9.88 Å². The molecule has 156 valence electrons. The quantitative estimate of drug-likeness (QED) is 0.622. The van der Waals surface area contributed by atoms with Gasteiger partial charge < -0.3 is 19.9 Å². The van der Waals surface area contributed by atoms with E-state index in [1.54, 1.807) is 18.1 Å². The standard InChI is InChI=1S/C23H24ClN3O3/c1-14-3-4-17(10-20(14)24)26-23(29)16-9-22(28)27(13-16)8-7-15-12-25-21-6-5-18(30-2)11-19(15)21/h3-6,10-12,16,25H,7-9,13H2,1-2H3,(H,26,29). The van der Waals surface area contributed by atoms with E-state index in [4.69, 9.17) is 16.3 Å². The Morgan fingerprint density at radius 3 is 2.90 bits per heavy atom. The largest absolute Gasteiger partial charge is 0.497 e. The lowest BCUT2D eigenvalue weighted by Crippen LogP contribution is -2.30. The summed E-state index contributed by atoms with van der Waals surface area (Å²) >= 11 is 6.13. The molecule has 6 nitrogen and oxygen atoms in total. The minimum atomic E-state index is -0.361. The predicted octanol–water partition coefficient (Wildman–Crippen LogP) is 4.17. The zero-order valence-electron chi connectivity index (χ0n) is 17.0. The topological polar surface area (TPSA) is 74.4 Å². The van der Waals surface area contributed by atoms with Crippen LogP contribution in [0.25, 0.3) is 10.9 Å². The number of aromatic amines is 1. The summed E-state index contributed by atoms with van der Waals surface area (Å²) in [5.41, 5.74) is 3.76. The minimum absolute atomic E-state index is 0.00881. The molecule has 0 saturated carbocycles. The van der Waals surface area contributed by atoms with Crippen molar-refractivity contribution in [2.24, 2.45) is 5.92 Å². The highest BCUT2D eigenvalue weighted by atomic mass is 35.5. The predicted molar refractivity (Wildman–Crippen MR) is 118 cm³/mol. The highest BCUT2D eigenvalue weighted by molar-refractivity contribution is 6.31. The van der Waals surface area contributed by atoms with E-state index in [2.05, 4.69) is 10.3 Å². The Labute approximate surface area is 180 Å². The molecule has 2 aromatic carbocycles. The van der Waals surface area contributed by atoms with Crippen LogP contribution in [-0.2, 0) is 16.0 Å². The van der Waals surface area contributed by atoms with Crippen LogP contribution in [0, 0.1) is 12.8 Å². The van der Waals surface area contributed by atoms with Crippen molar-refractivity contribution in [2.75, 3.05) is 25.5 Å². The van der Waals surface area contributed by atoms with Crippen molar-refractivity contribution in [3.8, 4) is 5.75 Å². The van der Waals surface area contributed by atoms with Crippen molar-refractivity contribution in [1.29, 1.82) is 0 Å². The van der Waals surface area contributed by atoms with Crippen LogP contribution in [0.5, 0.6) is 5.75 Å². The number of methoxy groups -OCH3 is 1. The zero-order valence-corrected chi connectivity index (χ0v) is 17.8. The molecule has 1 atom stereocenters. The number of benzene rings is 2. The van der Waals surface area contributed by atoms with Gasteiger partial charge >= 0.3 is 0 Å². The lowest BCUT2D eigenvalue weighted by atomic mass is 10.1. The lowest BCUT2D eigenvalue weighted by Gasteiger charge is -2.16. The number of hydrogen-bond acceptors (Lipinski definition) is 3. The maximum atomic E-state index is 12.6. The number of H-pyrrole nitrogens is 1. The molecule has 1 fully saturated rings. The number of rotatable bonds is 6. The number of carbonyl (C=O) groups is 2. The third-order valence-electron chi connectivity index (χ3n) is 5.65. The molecule has 0 aliphatic carbocycles. The van der Waals surface area contributed by atoms with Crippen molar-refractivity contribution in [2.45, 2.75) is 19.8 Å². The van der Waals surface area contributed by atoms with E-state index >= 15 is 0 Å². The van der Waals surface area contributed by atoms with Gasteiger partial charge in [-0.1, -0.05) is 17.7 Å². The van der Waals surface area contributed by atoms with Gasteiger partial charge in [0, 0.05) is 47.3 Å². The average molecular weight is 426 g/mol. The average Bonchev–Trinajstić information content (AvgIpc) is 3.31. The lowest BCUT2D eigenvalue weighted by molar-refractivity contribution is -0.128. The Morgan fingerprint density at radius 2 is 2.13 bits per heavy atom. The molecule has 0 radical (unpaired) electrons. The number of nitrogens with zero attached hydrogens (tertiary/aromatic N) is 1. The van der Waals surface area contributed by atoms with Crippen LogP contribution in [0.4, 0.5) is 5.69 Å². The molecule has 2 amide bonds. The van der Waals surface area contributed by atoms with Crippen molar-refractivity contribution in [3.05, 3.63) is 58.7 Å². The van der Waals surface area contributed by atoms with E-state index in [0.717, 1.165) is 27.8 Å². The van der Waals surface area contributed by atoms with Gasteiger partial charge in [0.25, 0.3) is 0 Å². The molecule has 1 aromatic heterocycles. The number of likely N-dealkylation sites (tertiary alicyclic amines) is 1. The van der Waals surface area contributed by atoms with Gasteiger partial charge in [0.15, 0.2) is 0 Å². The molecule has 0 bridgehead atoms. The number of nitrogens with one attached hydrogen (secondary N) is 2. The van der Waals surface area contributed by atoms with Crippen LogP contribution < -0.4 is 10.1 Å². The molecule has 1 aliphatic heterocycles. The smallest absolute Gasteiger partial charge is 0.229 e. The fraction of sp³-hybridized carbons (Fsp3) is 0.304. The molecular formula is C23H24ClN3O3. The second kappa shape index (κ2) is 8.40. The zero-order chi connectivity index (χ0) is 21.3. The van der Waals surface area contributed by atoms with Crippen LogP contribution in [0.15, 0.2) is 42.6 Å². The molecule has 1 aliphatic rings. The fourth-order valence-electron chi connectivity index (χ4n) is 3.83. The number of anilines is 1. The highest BCUT2D eigenvalue weighted by Gasteiger charge is 2.34. The van der Waals surface area contributed by atoms with Crippen molar-refractivity contribution < 1.29 is 14.3 Å². The molecule has 4 rings (SSSR count).